The molecule has 0 saturated heterocycles. The van der Waals surface area contributed by atoms with Crippen molar-refractivity contribution in [3.05, 3.63) is 0 Å². The van der Waals surface area contributed by atoms with Gasteiger partial charge in [-0.05, 0) is 19.8 Å². The summed E-state index contributed by atoms with van der Waals surface area (Å²) < 4.78 is 0. The van der Waals surface area contributed by atoms with Gasteiger partial charge in [0, 0.05) is 6.04 Å². The highest BCUT2D eigenvalue weighted by Crippen LogP contribution is 2.23. The molecule has 0 spiro atoms. The molecule has 5 nitrogen and oxygen atoms in total. The summed E-state index contributed by atoms with van der Waals surface area (Å²) in [6.45, 7) is 1.45. The molecule has 4 N–H and O–H groups in total. The molecule has 1 fully saturated rings. The van der Waals surface area contributed by atoms with Gasteiger partial charge in [0.25, 0.3) is 0 Å². The van der Waals surface area contributed by atoms with Crippen molar-refractivity contribution in [3.63, 3.8) is 0 Å². The number of carboxylic acids is 1. The molecule has 0 aromatic heterocycles. The van der Waals surface area contributed by atoms with E-state index in [1.54, 1.807) is 0 Å². The highest BCUT2D eigenvalue weighted by atomic mass is 16.4. The molecule has 0 bridgehead atoms. The Labute approximate surface area is 82.7 Å². The van der Waals surface area contributed by atoms with E-state index in [0.717, 1.165) is 19.3 Å². The number of amides is 1. The summed E-state index contributed by atoms with van der Waals surface area (Å²) in [5.74, 6) is -1.47. The Hall–Kier alpha value is -1.10. The molecule has 3 atom stereocenters. The van der Waals surface area contributed by atoms with Gasteiger partial charge in [-0.15, -0.1) is 0 Å². The van der Waals surface area contributed by atoms with Crippen LogP contribution in [0.5, 0.6) is 0 Å². The molecule has 1 amide bonds. The number of carbonyl (C=O) groups is 2. The summed E-state index contributed by atoms with van der Waals surface area (Å²) in [5.41, 5.74) is 5.72. The third kappa shape index (κ3) is 2.45. The second-order valence-corrected chi connectivity index (χ2v) is 3.77. The fourth-order valence-electron chi connectivity index (χ4n) is 1.70. The molecule has 0 aromatic carbocycles. The van der Waals surface area contributed by atoms with Crippen molar-refractivity contribution >= 4 is 11.9 Å². The lowest BCUT2D eigenvalue weighted by atomic mass is 10.0. The van der Waals surface area contributed by atoms with Crippen molar-refractivity contribution in [2.24, 2.45) is 11.7 Å². The van der Waals surface area contributed by atoms with Crippen molar-refractivity contribution in [1.82, 2.24) is 5.32 Å². The molecular formula is C9H16N2O3. The predicted octanol–water partition coefficient (Wildman–Crippen LogP) is -0.297. The number of nitrogens with two attached hydrogens (primary N) is 1. The van der Waals surface area contributed by atoms with Crippen LogP contribution in [0.2, 0.25) is 0 Å². The lowest BCUT2D eigenvalue weighted by Crippen LogP contribution is -2.45. The van der Waals surface area contributed by atoms with Gasteiger partial charge in [0.15, 0.2) is 0 Å². The molecular weight excluding hydrogens is 184 g/mol. The van der Waals surface area contributed by atoms with E-state index in [4.69, 9.17) is 10.8 Å². The third-order valence-electron chi connectivity index (χ3n) is 2.64. The maximum absolute atomic E-state index is 11.5. The van der Waals surface area contributed by atoms with Crippen LogP contribution in [0, 0.1) is 5.92 Å². The van der Waals surface area contributed by atoms with Gasteiger partial charge in [0.05, 0.1) is 5.92 Å². The molecule has 0 aliphatic heterocycles. The first-order valence-electron chi connectivity index (χ1n) is 4.81. The van der Waals surface area contributed by atoms with Gasteiger partial charge in [0.1, 0.15) is 6.04 Å². The van der Waals surface area contributed by atoms with Gasteiger partial charge in [0.2, 0.25) is 5.91 Å². The van der Waals surface area contributed by atoms with E-state index in [9.17, 15) is 9.59 Å². The minimum Gasteiger partial charge on any atom is -0.480 e. The van der Waals surface area contributed by atoms with Crippen LogP contribution in [0.3, 0.4) is 0 Å². The van der Waals surface area contributed by atoms with Crippen LogP contribution >= 0.6 is 0 Å². The first-order chi connectivity index (χ1) is 6.52. The first kappa shape index (κ1) is 11.0. The van der Waals surface area contributed by atoms with Gasteiger partial charge in [-0.2, -0.15) is 0 Å². The van der Waals surface area contributed by atoms with Crippen LogP contribution in [0.25, 0.3) is 0 Å². The van der Waals surface area contributed by atoms with E-state index in [1.807, 2.05) is 0 Å². The maximum Gasteiger partial charge on any atom is 0.325 e. The van der Waals surface area contributed by atoms with Gasteiger partial charge >= 0.3 is 5.97 Å². The van der Waals surface area contributed by atoms with E-state index in [1.165, 1.54) is 6.92 Å². The molecule has 0 radical (unpaired) electrons. The normalized spacial score (nSPS) is 28.4. The Balaban J connectivity index is 2.45. The van der Waals surface area contributed by atoms with E-state index >= 15 is 0 Å². The first-order valence-corrected chi connectivity index (χ1v) is 4.81. The molecule has 1 aliphatic rings. The zero-order chi connectivity index (χ0) is 10.7. The number of nitrogens with one attached hydrogen (secondary N) is 1. The Morgan fingerprint density at radius 3 is 2.57 bits per heavy atom. The number of carboxylic acid groups (broad SMARTS) is 1. The number of hydrogen-bond acceptors (Lipinski definition) is 3. The second kappa shape index (κ2) is 4.41. The molecule has 1 saturated carbocycles. The van der Waals surface area contributed by atoms with Crippen molar-refractivity contribution < 1.29 is 14.7 Å². The number of hydrogen-bond donors (Lipinski definition) is 3. The minimum atomic E-state index is -1.02. The van der Waals surface area contributed by atoms with Crippen LogP contribution in [0.1, 0.15) is 26.2 Å². The molecule has 14 heavy (non-hydrogen) atoms. The number of carbonyl (C=O) groups excluding carboxylic acids is 1. The lowest BCUT2D eigenvalue weighted by Gasteiger charge is -2.17. The zero-order valence-electron chi connectivity index (χ0n) is 8.19. The van der Waals surface area contributed by atoms with Gasteiger partial charge < -0.3 is 16.2 Å². The number of rotatable bonds is 3. The van der Waals surface area contributed by atoms with Crippen LogP contribution in [-0.2, 0) is 9.59 Å². The Kier molecular flexibility index (Phi) is 3.46. The largest absolute Gasteiger partial charge is 0.480 e. The molecule has 1 aliphatic carbocycles. The summed E-state index contributed by atoms with van der Waals surface area (Å²) in [4.78, 5) is 22.0. The van der Waals surface area contributed by atoms with Crippen LogP contribution in [-0.4, -0.2) is 29.1 Å². The van der Waals surface area contributed by atoms with Crippen molar-refractivity contribution in [2.45, 2.75) is 38.3 Å². The SMILES string of the molecule is C[C@@H](NC(=O)C1CCCC1N)C(=O)O. The number of aliphatic carboxylic acids is 1. The van der Waals surface area contributed by atoms with Gasteiger partial charge in [-0.3, -0.25) is 9.59 Å². The zero-order valence-corrected chi connectivity index (χ0v) is 8.19. The van der Waals surface area contributed by atoms with Crippen molar-refractivity contribution in [1.29, 1.82) is 0 Å². The predicted molar refractivity (Wildman–Crippen MR) is 50.6 cm³/mol. The lowest BCUT2D eigenvalue weighted by molar-refractivity contribution is -0.142. The summed E-state index contributed by atoms with van der Waals surface area (Å²) in [6, 6.07) is -0.953. The molecule has 2 unspecified atom stereocenters. The van der Waals surface area contributed by atoms with Crippen molar-refractivity contribution in [3.8, 4) is 0 Å². The molecule has 0 aromatic rings. The van der Waals surface area contributed by atoms with E-state index < -0.39 is 12.0 Å². The molecule has 1 rings (SSSR count). The van der Waals surface area contributed by atoms with E-state index in [0.29, 0.717) is 0 Å². The Morgan fingerprint density at radius 2 is 2.14 bits per heavy atom. The monoisotopic (exact) mass is 200 g/mol. The molecule has 0 heterocycles. The minimum absolute atomic E-state index is 0.115. The summed E-state index contributed by atoms with van der Waals surface area (Å²) in [5, 5.41) is 11.0. The average Bonchev–Trinajstić information content (AvgIpc) is 2.51. The highest BCUT2D eigenvalue weighted by molar-refractivity contribution is 5.85. The van der Waals surface area contributed by atoms with Crippen LogP contribution in [0.15, 0.2) is 0 Å². The van der Waals surface area contributed by atoms with Crippen molar-refractivity contribution in [2.75, 3.05) is 0 Å². The Morgan fingerprint density at radius 1 is 1.50 bits per heavy atom. The maximum atomic E-state index is 11.5. The van der Waals surface area contributed by atoms with Gasteiger partial charge in [-0.1, -0.05) is 6.42 Å². The topological polar surface area (TPSA) is 92.4 Å². The van der Waals surface area contributed by atoms with Crippen LogP contribution < -0.4 is 11.1 Å². The van der Waals surface area contributed by atoms with E-state index in [-0.39, 0.29) is 17.9 Å². The standard InChI is InChI=1S/C9H16N2O3/c1-5(9(13)14)11-8(12)6-3-2-4-7(6)10/h5-7H,2-4,10H2,1H3,(H,11,12)(H,13,14)/t5-,6?,7?/m1/s1. The third-order valence-corrected chi connectivity index (χ3v) is 2.64. The summed E-state index contributed by atoms with van der Waals surface area (Å²) in [6.07, 6.45) is 2.56. The molecule has 80 valence electrons. The second-order valence-electron chi connectivity index (χ2n) is 3.77. The highest BCUT2D eigenvalue weighted by Gasteiger charge is 2.31. The Bertz CT molecular complexity index is 242. The van der Waals surface area contributed by atoms with Gasteiger partial charge in [-0.25, -0.2) is 0 Å². The fourth-order valence-corrected chi connectivity index (χ4v) is 1.70. The smallest absolute Gasteiger partial charge is 0.325 e. The molecule has 5 heteroatoms. The fraction of sp³-hybridized carbons (Fsp3) is 0.778. The quantitative estimate of drug-likeness (QED) is 0.583. The summed E-state index contributed by atoms with van der Waals surface area (Å²) >= 11 is 0. The van der Waals surface area contributed by atoms with Crippen LogP contribution in [0.4, 0.5) is 0 Å². The summed E-state index contributed by atoms with van der Waals surface area (Å²) in [7, 11) is 0. The van der Waals surface area contributed by atoms with E-state index in [2.05, 4.69) is 5.32 Å². The average molecular weight is 200 g/mol.